The fraction of sp³-hybridized carbons (Fsp3) is 0.250. The number of rotatable bonds is 9. The van der Waals surface area contributed by atoms with E-state index in [0.29, 0.717) is 20.8 Å². The first-order valence-corrected chi connectivity index (χ1v) is 13.4. The van der Waals surface area contributed by atoms with Crippen LogP contribution in [-0.4, -0.2) is 10.2 Å². The molecule has 4 aromatic rings. The zero-order valence-electron chi connectivity index (χ0n) is 20.8. The molecule has 0 aromatic heterocycles. The molecule has 0 aliphatic rings. The summed E-state index contributed by atoms with van der Waals surface area (Å²) in [5.41, 5.74) is 6.20. The quantitative estimate of drug-likeness (QED) is 0.244. The van der Waals surface area contributed by atoms with Crippen LogP contribution in [0.25, 0.3) is 0 Å². The second kappa shape index (κ2) is 11.2. The number of phenols is 1. The molecular formula is C32H35O2P. The van der Waals surface area contributed by atoms with E-state index in [0.717, 1.165) is 35.1 Å². The Labute approximate surface area is 211 Å². The first kappa shape index (κ1) is 25.2. The lowest BCUT2D eigenvalue weighted by Crippen LogP contribution is -2.25. The third-order valence-corrected chi connectivity index (χ3v) is 9.55. The van der Waals surface area contributed by atoms with Gasteiger partial charge < -0.3 is 10.2 Å². The average molecular weight is 483 g/mol. The lowest BCUT2D eigenvalue weighted by Gasteiger charge is -2.35. The smallest absolute Gasteiger partial charge is 0.123 e. The molecule has 0 fully saturated rings. The van der Waals surface area contributed by atoms with Gasteiger partial charge in [-0.25, -0.2) is 0 Å². The van der Waals surface area contributed by atoms with Gasteiger partial charge in [0.25, 0.3) is 0 Å². The topological polar surface area (TPSA) is 40.5 Å². The van der Waals surface area contributed by atoms with Crippen molar-refractivity contribution >= 4 is 13.9 Å². The Hall–Kier alpha value is -2.93. The summed E-state index contributed by atoms with van der Waals surface area (Å²) >= 11 is 0. The molecule has 0 heterocycles. The molecule has 0 aliphatic carbocycles. The van der Waals surface area contributed by atoms with Gasteiger partial charge in [0, 0.05) is 17.1 Å². The summed E-state index contributed by atoms with van der Waals surface area (Å²) in [5.74, 6) is 0.409. The monoisotopic (exact) mass is 482 g/mol. The molecular weight excluding hydrogens is 447 g/mol. The standard InChI is InChI=1S/C32H35O2P/c1-4-32(5-2,28-21-13-19-26(30(28)34)22-24-15-8-6-9-16-24)35-31-23(3)14-12-20-27(31)29(33)25-17-10-7-11-18-25/h6-21,29,33-35H,4-5,22H2,1-3H3. The zero-order chi connectivity index (χ0) is 24.8. The SMILES string of the molecule is CCC(CC)(Pc1c(C)cccc1C(O)c1ccccc1)c1cccc(Cc2ccccc2)c1O. The van der Waals surface area contributed by atoms with E-state index in [4.69, 9.17) is 0 Å². The van der Waals surface area contributed by atoms with Gasteiger partial charge in [-0.3, -0.25) is 0 Å². The first-order chi connectivity index (χ1) is 17.0. The minimum Gasteiger partial charge on any atom is -0.507 e. The summed E-state index contributed by atoms with van der Waals surface area (Å²) in [6.45, 7) is 6.56. The lowest BCUT2D eigenvalue weighted by atomic mass is 9.89. The minimum atomic E-state index is -0.678. The summed E-state index contributed by atoms with van der Waals surface area (Å²) in [5, 5.41) is 23.8. The van der Waals surface area contributed by atoms with Crippen LogP contribution < -0.4 is 5.30 Å². The number of aliphatic hydroxyl groups excluding tert-OH is 1. The number of hydrogen-bond acceptors (Lipinski definition) is 2. The largest absolute Gasteiger partial charge is 0.507 e. The molecule has 3 heteroatoms. The number of benzene rings is 4. The third kappa shape index (κ3) is 5.35. The predicted octanol–water partition coefficient (Wildman–Crippen LogP) is 7.39. The van der Waals surface area contributed by atoms with Crippen molar-refractivity contribution in [2.45, 2.75) is 51.3 Å². The van der Waals surface area contributed by atoms with Crippen molar-refractivity contribution in [1.82, 2.24) is 0 Å². The summed E-state index contributed by atoms with van der Waals surface area (Å²) in [7, 11) is 0.419. The maximum absolute atomic E-state index is 11.5. The van der Waals surface area contributed by atoms with Gasteiger partial charge in [0.1, 0.15) is 11.9 Å². The molecule has 0 saturated carbocycles. The van der Waals surface area contributed by atoms with Gasteiger partial charge in [-0.05, 0) is 52.9 Å². The van der Waals surface area contributed by atoms with E-state index < -0.39 is 6.10 Å². The summed E-state index contributed by atoms with van der Waals surface area (Å²) < 4.78 is 0. The van der Waals surface area contributed by atoms with E-state index in [1.807, 2.05) is 60.7 Å². The Bertz CT molecular complexity index is 1250. The minimum absolute atomic E-state index is 0.214. The van der Waals surface area contributed by atoms with Crippen LogP contribution in [0.15, 0.2) is 97.1 Å². The third-order valence-electron chi connectivity index (χ3n) is 7.16. The molecule has 0 bridgehead atoms. The molecule has 4 aromatic carbocycles. The number of para-hydroxylation sites is 1. The predicted molar refractivity (Wildman–Crippen MR) is 149 cm³/mol. The number of phenolic OH excluding ortho intramolecular Hbond substituents is 1. The molecule has 180 valence electrons. The summed E-state index contributed by atoms with van der Waals surface area (Å²) in [4.78, 5) is 0. The Balaban J connectivity index is 1.76. The van der Waals surface area contributed by atoms with Crippen LogP contribution in [0.2, 0.25) is 0 Å². The molecule has 2 N–H and O–H groups in total. The highest BCUT2D eigenvalue weighted by Crippen LogP contribution is 2.51. The Morgan fingerprint density at radius 1 is 0.771 bits per heavy atom. The van der Waals surface area contributed by atoms with Crippen LogP contribution in [0.1, 0.15) is 66.2 Å². The highest BCUT2D eigenvalue weighted by Gasteiger charge is 2.34. The molecule has 2 nitrogen and oxygen atoms in total. The van der Waals surface area contributed by atoms with Crippen molar-refractivity contribution in [1.29, 1.82) is 0 Å². The van der Waals surface area contributed by atoms with Gasteiger partial charge in [-0.2, -0.15) is 0 Å². The molecule has 4 rings (SSSR count). The van der Waals surface area contributed by atoms with Gasteiger partial charge in [-0.15, -0.1) is 0 Å². The van der Waals surface area contributed by atoms with Crippen LogP contribution in [0, 0.1) is 6.92 Å². The number of aliphatic hydroxyl groups is 1. The van der Waals surface area contributed by atoms with Gasteiger partial charge in [-0.1, -0.05) is 119 Å². The maximum atomic E-state index is 11.5. The van der Waals surface area contributed by atoms with Crippen molar-refractivity contribution in [2.75, 3.05) is 0 Å². The second-order valence-electron chi connectivity index (χ2n) is 9.24. The van der Waals surface area contributed by atoms with Crippen LogP contribution in [0.3, 0.4) is 0 Å². The number of aromatic hydroxyl groups is 1. The average Bonchev–Trinajstić information content (AvgIpc) is 2.90. The molecule has 2 atom stereocenters. The second-order valence-corrected chi connectivity index (χ2v) is 10.9. The Morgan fingerprint density at radius 3 is 2.06 bits per heavy atom. The van der Waals surface area contributed by atoms with Crippen LogP contribution in [0.5, 0.6) is 5.75 Å². The van der Waals surface area contributed by atoms with Gasteiger partial charge in [0.15, 0.2) is 0 Å². The van der Waals surface area contributed by atoms with Crippen molar-refractivity contribution in [3.8, 4) is 5.75 Å². The van der Waals surface area contributed by atoms with Crippen LogP contribution >= 0.6 is 8.58 Å². The molecule has 35 heavy (non-hydrogen) atoms. The summed E-state index contributed by atoms with van der Waals surface area (Å²) in [6.07, 6.45) is 1.83. The van der Waals surface area contributed by atoms with Crippen LogP contribution in [0.4, 0.5) is 0 Å². The highest BCUT2D eigenvalue weighted by atomic mass is 31.1. The Kier molecular flexibility index (Phi) is 8.06. The van der Waals surface area contributed by atoms with Gasteiger partial charge >= 0.3 is 0 Å². The summed E-state index contributed by atoms with van der Waals surface area (Å²) in [6, 6.07) is 32.6. The van der Waals surface area contributed by atoms with E-state index in [1.54, 1.807) is 0 Å². The normalized spacial score (nSPS) is 12.8. The van der Waals surface area contributed by atoms with Gasteiger partial charge in [0.05, 0.1) is 0 Å². The van der Waals surface area contributed by atoms with E-state index in [1.165, 1.54) is 16.4 Å². The van der Waals surface area contributed by atoms with E-state index in [-0.39, 0.29) is 5.16 Å². The molecule has 2 unspecified atom stereocenters. The Morgan fingerprint density at radius 2 is 1.40 bits per heavy atom. The van der Waals surface area contributed by atoms with Crippen molar-refractivity contribution in [3.05, 3.63) is 130 Å². The molecule has 0 spiro atoms. The molecule has 0 saturated heterocycles. The molecule has 0 radical (unpaired) electrons. The fourth-order valence-electron chi connectivity index (χ4n) is 4.95. The first-order valence-electron chi connectivity index (χ1n) is 12.4. The van der Waals surface area contributed by atoms with Gasteiger partial charge in [0.2, 0.25) is 0 Å². The zero-order valence-corrected chi connectivity index (χ0v) is 21.8. The van der Waals surface area contributed by atoms with Crippen molar-refractivity contribution in [3.63, 3.8) is 0 Å². The lowest BCUT2D eigenvalue weighted by molar-refractivity contribution is 0.221. The maximum Gasteiger partial charge on any atom is 0.123 e. The van der Waals surface area contributed by atoms with Crippen LogP contribution in [-0.2, 0) is 11.6 Å². The van der Waals surface area contributed by atoms with E-state index in [2.05, 4.69) is 57.2 Å². The number of hydrogen-bond donors (Lipinski definition) is 2. The van der Waals surface area contributed by atoms with E-state index >= 15 is 0 Å². The molecule has 0 aliphatic heterocycles. The van der Waals surface area contributed by atoms with E-state index in [9.17, 15) is 10.2 Å². The molecule has 0 amide bonds. The van der Waals surface area contributed by atoms with Crippen molar-refractivity contribution < 1.29 is 10.2 Å². The number of aryl methyl sites for hydroxylation is 1. The highest BCUT2D eigenvalue weighted by molar-refractivity contribution is 7.48. The fourth-order valence-corrected chi connectivity index (χ4v) is 6.77. The van der Waals surface area contributed by atoms with Crippen molar-refractivity contribution in [2.24, 2.45) is 0 Å².